The molecule has 5 heteroatoms. The Bertz CT molecular complexity index is 390. The molecule has 1 aromatic rings. The van der Waals surface area contributed by atoms with Crippen molar-refractivity contribution in [1.29, 1.82) is 0 Å². The van der Waals surface area contributed by atoms with Gasteiger partial charge < -0.3 is 5.32 Å². The van der Waals surface area contributed by atoms with Crippen LogP contribution in [0.4, 0.5) is 0 Å². The third-order valence-corrected chi connectivity index (χ3v) is 5.08. The average Bonchev–Trinajstić information content (AvgIpc) is 3.01. The minimum Gasteiger partial charge on any atom is -0.314 e. The molecule has 2 saturated heterocycles. The van der Waals surface area contributed by atoms with Crippen molar-refractivity contribution in [3.63, 3.8) is 0 Å². The van der Waals surface area contributed by atoms with Gasteiger partial charge in [-0.1, -0.05) is 0 Å². The summed E-state index contributed by atoms with van der Waals surface area (Å²) in [5.41, 5.74) is 0. The molecule has 108 valence electrons. The number of halogens is 1. The molecule has 1 aromatic heterocycles. The number of hydrogen-bond donors (Lipinski definition) is 1. The monoisotopic (exact) mass is 301 g/mol. The zero-order valence-corrected chi connectivity index (χ0v) is 13.2. The second-order valence-corrected chi connectivity index (χ2v) is 6.85. The first-order valence-corrected chi connectivity index (χ1v) is 7.85. The van der Waals surface area contributed by atoms with Gasteiger partial charge in [-0.05, 0) is 25.5 Å². The van der Waals surface area contributed by atoms with Crippen LogP contribution in [-0.2, 0) is 6.54 Å². The molecular formula is C14H24ClN3S. The van der Waals surface area contributed by atoms with Gasteiger partial charge in [-0.25, -0.2) is 0 Å². The summed E-state index contributed by atoms with van der Waals surface area (Å²) in [6.45, 7) is 10.7. The molecule has 0 aromatic carbocycles. The first-order chi connectivity index (χ1) is 8.81. The summed E-state index contributed by atoms with van der Waals surface area (Å²) >= 11 is 1.95. The van der Waals surface area contributed by atoms with E-state index in [1.54, 1.807) is 0 Å². The standard InChI is InChI=1S/C14H23N3S.ClH/c1-12-2-3-14(18-12)11-16-7-4-13(10-16)17-8-5-15-6-9-17;/h2-3,13,15H,4-11H2,1H3;1H. The lowest BCUT2D eigenvalue weighted by atomic mass is 10.2. The molecule has 2 aliphatic heterocycles. The minimum absolute atomic E-state index is 0. The van der Waals surface area contributed by atoms with Gasteiger partial charge in [0.1, 0.15) is 0 Å². The fourth-order valence-electron chi connectivity index (χ4n) is 3.09. The van der Waals surface area contributed by atoms with Gasteiger partial charge in [0.05, 0.1) is 0 Å². The van der Waals surface area contributed by atoms with E-state index in [-0.39, 0.29) is 12.4 Å². The van der Waals surface area contributed by atoms with Crippen LogP contribution in [0.3, 0.4) is 0 Å². The van der Waals surface area contributed by atoms with E-state index in [9.17, 15) is 0 Å². The maximum atomic E-state index is 3.44. The Balaban J connectivity index is 0.00000133. The molecule has 19 heavy (non-hydrogen) atoms. The Morgan fingerprint density at radius 1 is 1.26 bits per heavy atom. The van der Waals surface area contributed by atoms with Gasteiger partial charge in [0.15, 0.2) is 0 Å². The smallest absolute Gasteiger partial charge is 0.0328 e. The van der Waals surface area contributed by atoms with Crippen LogP contribution < -0.4 is 5.32 Å². The summed E-state index contributed by atoms with van der Waals surface area (Å²) in [4.78, 5) is 8.25. The molecule has 3 heterocycles. The Labute approximate surface area is 126 Å². The molecule has 0 bridgehead atoms. The predicted octanol–water partition coefficient (Wildman–Crippen LogP) is 1.96. The van der Waals surface area contributed by atoms with Crippen LogP contribution in [0.15, 0.2) is 12.1 Å². The van der Waals surface area contributed by atoms with E-state index in [1.807, 2.05) is 11.3 Å². The number of thiophene rings is 1. The zero-order chi connectivity index (χ0) is 12.4. The van der Waals surface area contributed by atoms with Crippen LogP contribution in [0.25, 0.3) is 0 Å². The molecule has 2 fully saturated rings. The van der Waals surface area contributed by atoms with E-state index in [1.165, 1.54) is 55.4 Å². The minimum atomic E-state index is 0. The van der Waals surface area contributed by atoms with Crippen molar-refractivity contribution in [3.05, 3.63) is 21.9 Å². The van der Waals surface area contributed by atoms with Crippen LogP contribution >= 0.6 is 23.7 Å². The number of likely N-dealkylation sites (tertiary alicyclic amines) is 1. The van der Waals surface area contributed by atoms with Crippen molar-refractivity contribution in [2.75, 3.05) is 39.3 Å². The Morgan fingerprint density at radius 3 is 2.74 bits per heavy atom. The third-order valence-electron chi connectivity index (χ3n) is 4.09. The summed E-state index contributed by atoms with van der Waals surface area (Å²) in [5, 5.41) is 3.44. The second kappa shape index (κ2) is 7.04. The number of nitrogens with one attached hydrogen (secondary N) is 1. The summed E-state index contributed by atoms with van der Waals surface area (Å²) < 4.78 is 0. The van der Waals surface area contributed by atoms with Gasteiger partial charge in [0, 0.05) is 61.6 Å². The van der Waals surface area contributed by atoms with Crippen molar-refractivity contribution < 1.29 is 0 Å². The highest BCUT2D eigenvalue weighted by molar-refractivity contribution is 7.11. The molecule has 0 aliphatic carbocycles. The Kier molecular flexibility index (Phi) is 5.66. The predicted molar refractivity (Wildman–Crippen MR) is 84.4 cm³/mol. The number of aryl methyl sites for hydroxylation is 1. The van der Waals surface area contributed by atoms with Crippen LogP contribution in [0.1, 0.15) is 16.2 Å². The van der Waals surface area contributed by atoms with Crippen molar-refractivity contribution in [3.8, 4) is 0 Å². The van der Waals surface area contributed by atoms with Crippen molar-refractivity contribution >= 4 is 23.7 Å². The number of hydrogen-bond acceptors (Lipinski definition) is 4. The largest absolute Gasteiger partial charge is 0.314 e. The first kappa shape index (κ1) is 15.3. The molecule has 0 radical (unpaired) electrons. The fraction of sp³-hybridized carbons (Fsp3) is 0.714. The topological polar surface area (TPSA) is 18.5 Å². The van der Waals surface area contributed by atoms with Gasteiger partial charge in [-0.15, -0.1) is 23.7 Å². The fourth-order valence-corrected chi connectivity index (χ4v) is 4.02. The quantitative estimate of drug-likeness (QED) is 0.921. The van der Waals surface area contributed by atoms with E-state index in [2.05, 4.69) is 34.2 Å². The molecule has 1 unspecified atom stereocenters. The Morgan fingerprint density at radius 2 is 2.05 bits per heavy atom. The zero-order valence-electron chi connectivity index (χ0n) is 11.6. The number of piperazine rings is 1. The van der Waals surface area contributed by atoms with Crippen molar-refractivity contribution in [2.24, 2.45) is 0 Å². The van der Waals surface area contributed by atoms with Gasteiger partial charge in [0.2, 0.25) is 0 Å². The molecule has 0 spiro atoms. The van der Waals surface area contributed by atoms with Crippen LogP contribution in [0.5, 0.6) is 0 Å². The van der Waals surface area contributed by atoms with E-state index in [4.69, 9.17) is 0 Å². The van der Waals surface area contributed by atoms with Crippen LogP contribution in [0.2, 0.25) is 0 Å². The molecular weight excluding hydrogens is 278 g/mol. The number of rotatable bonds is 3. The lowest BCUT2D eigenvalue weighted by molar-refractivity contribution is 0.170. The summed E-state index contributed by atoms with van der Waals surface area (Å²) in [5.74, 6) is 0. The van der Waals surface area contributed by atoms with Gasteiger partial charge in [-0.2, -0.15) is 0 Å². The molecule has 2 aliphatic rings. The van der Waals surface area contributed by atoms with E-state index >= 15 is 0 Å². The summed E-state index contributed by atoms with van der Waals surface area (Å²) in [6, 6.07) is 5.33. The van der Waals surface area contributed by atoms with E-state index < -0.39 is 0 Å². The maximum absolute atomic E-state index is 3.44. The van der Waals surface area contributed by atoms with Crippen molar-refractivity contribution in [1.82, 2.24) is 15.1 Å². The van der Waals surface area contributed by atoms with E-state index in [0.717, 1.165) is 12.6 Å². The SMILES string of the molecule is Cc1ccc(CN2CCC(N3CCNCC3)C2)s1.Cl. The molecule has 1 N–H and O–H groups in total. The van der Waals surface area contributed by atoms with E-state index in [0.29, 0.717) is 0 Å². The summed E-state index contributed by atoms with van der Waals surface area (Å²) in [7, 11) is 0. The maximum Gasteiger partial charge on any atom is 0.0328 e. The van der Waals surface area contributed by atoms with Crippen LogP contribution in [-0.4, -0.2) is 55.1 Å². The lowest BCUT2D eigenvalue weighted by Crippen LogP contribution is -2.49. The number of nitrogens with zero attached hydrogens (tertiary/aromatic N) is 2. The Hall–Kier alpha value is -0.130. The van der Waals surface area contributed by atoms with Gasteiger partial charge in [-0.3, -0.25) is 9.80 Å². The highest BCUT2D eigenvalue weighted by Gasteiger charge is 2.28. The normalized spacial score (nSPS) is 25.4. The second-order valence-electron chi connectivity index (χ2n) is 5.48. The highest BCUT2D eigenvalue weighted by atomic mass is 35.5. The molecule has 1 atom stereocenters. The average molecular weight is 302 g/mol. The first-order valence-electron chi connectivity index (χ1n) is 7.04. The van der Waals surface area contributed by atoms with Crippen LogP contribution in [0, 0.1) is 6.92 Å². The molecule has 0 amide bonds. The molecule has 0 saturated carbocycles. The summed E-state index contributed by atoms with van der Waals surface area (Å²) in [6.07, 6.45) is 1.35. The molecule has 3 rings (SSSR count). The molecule has 3 nitrogen and oxygen atoms in total. The third kappa shape index (κ3) is 3.92. The lowest BCUT2D eigenvalue weighted by Gasteiger charge is -2.32. The van der Waals surface area contributed by atoms with Gasteiger partial charge >= 0.3 is 0 Å². The highest BCUT2D eigenvalue weighted by Crippen LogP contribution is 2.22. The van der Waals surface area contributed by atoms with Crippen molar-refractivity contribution in [2.45, 2.75) is 25.9 Å². The van der Waals surface area contributed by atoms with Gasteiger partial charge in [0.25, 0.3) is 0 Å².